The van der Waals surface area contributed by atoms with Gasteiger partial charge in [0.15, 0.2) is 0 Å². The summed E-state index contributed by atoms with van der Waals surface area (Å²) in [5.74, 6) is 0.722. The first-order valence-electron chi connectivity index (χ1n) is 5.23. The standard InChI is InChI=1S/C12H13ClN4/c1-8-6-11(17-12(13)16-8)15-7-9-2-4-10(14)5-3-9/h2-6H,7,14H2,1H3,(H,15,16,17). The summed E-state index contributed by atoms with van der Waals surface area (Å²) < 4.78 is 0. The predicted octanol–water partition coefficient (Wildman–Crippen LogP) is 2.63. The van der Waals surface area contributed by atoms with Crippen LogP contribution in [-0.4, -0.2) is 9.97 Å². The van der Waals surface area contributed by atoms with Crippen LogP contribution < -0.4 is 11.1 Å². The summed E-state index contributed by atoms with van der Waals surface area (Å²) in [5, 5.41) is 3.44. The van der Waals surface area contributed by atoms with Crippen molar-refractivity contribution in [3.05, 3.63) is 46.9 Å². The minimum Gasteiger partial charge on any atom is -0.399 e. The third-order valence-electron chi connectivity index (χ3n) is 2.28. The normalized spacial score (nSPS) is 10.2. The van der Waals surface area contributed by atoms with Crippen molar-refractivity contribution in [3.8, 4) is 0 Å². The molecule has 3 N–H and O–H groups in total. The maximum Gasteiger partial charge on any atom is 0.224 e. The van der Waals surface area contributed by atoms with Crippen molar-refractivity contribution in [2.24, 2.45) is 0 Å². The first-order chi connectivity index (χ1) is 8.13. The molecule has 0 unspecified atom stereocenters. The fourth-order valence-electron chi connectivity index (χ4n) is 1.45. The Morgan fingerprint density at radius 1 is 1.24 bits per heavy atom. The Hall–Kier alpha value is -1.81. The molecule has 0 aliphatic carbocycles. The van der Waals surface area contributed by atoms with Crippen molar-refractivity contribution in [2.75, 3.05) is 11.1 Å². The molecule has 0 bridgehead atoms. The molecule has 5 heteroatoms. The second-order valence-corrected chi connectivity index (χ2v) is 4.10. The Balaban J connectivity index is 2.04. The van der Waals surface area contributed by atoms with Crippen LogP contribution in [0.25, 0.3) is 0 Å². The van der Waals surface area contributed by atoms with Crippen LogP contribution in [0.5, 0.6) is 0 Å². The smallest absolute Gasteiger partial charge is 0.224 e. The first-order valence-corrected chi connectivity index (χ1v) is 5.61. The van der Waals surface area contributed by atoms with Gasteiger partial charge in [-0.1, -0.05) is 12.1 Å². The highest BCUT2D eigenvalue weighted by Gasteiger charge is 1.99. The van der Waals surface area contributed by atoms with Crippen LogP contribution in [0.4, 0.5) is 11.5 Å². The Bertz CT molecular complexity index is 490. The van der Waals surface area contributed by atoms with Gasteiger partial charge in [-0.05, 0) is 36.2 Å². The quantitative estimate of drug-likeness (QED) is 0.648. The number of halogens is 1. The molecular formula is C12H13ClN4. The lowest BCUT2D eigenvalue weighted by atomic mass is 10.2. The zero-order valence-electron chi connectivity index (χ0n) is 9.44. The molecule has 0 aliphatic heterocycles. The van der Waals surface area contributed by atoms with E-state index >= 15 is 0 Å². The number of rotatable bonds is 3. The maximum absolute atomic E-state index is 5.77. The van der Waals surface area contributed by atoms with Crippen LogP contribution in [0, 0.1) is 6.92 Å². The molecule has 88 valence electrons. The lowest BCUT2D eigenvalue weighted by molar-refractivity contribution is 1.05. The van der Waals surface area contributed by atoms with Gasteiger partial charge in [0.2, 0.25) is 5.28 Å². The van der Waals surface area contributed by atoms with E-state index in [1.807, 2.05) is 37.3 Å². The lowest BCUT2D eigenvalue weighted by Crippen LogP contribution is -2.03. The average Bonchev–Trinajstić information content (AvgIpc) is 2.27. The summed E-state index contributed by atoms with van der Waals surface area (Å²) in [6.45, 7) is 2.55. The highest BCUT2D eigenvalue weighted by atomic mass is 35.5. The molecular weight excluding hydrogens is 236 g/mol. The van der Waals surface area contributed by atoms with E-state index in [9.17, 15) is 0 Å². The minimum atomic E-state index is 0.254. The Labute approximate surface area is 105 Å². The Morgan fingerprint density at radius 2 is 1.94 bits per heavy atom. The van der Waals surface area contributed by atoms with Crippen molar-refractivity contribution in [2.45, 2.75) is 13.5 Å². The van der Waals surface area contributed by atoms with Crippen molar-refractivity contribution in [3.63, 3.8) is 0 Å². The van der Waals surface area contributed by atoms with E-state index in [1.165, 1.54) is 0 Å². The molecule has 0 saturated carbocycles. The lowest BCUT2D eigenvalue weighted by Gasteiger charge is -2.06. The van der Waals surface area contributed by atoms with E-state index in [0.717, 1.165) is 22.8 Å². The summed E-state index contributed by atoms with van der Waals surface area (Å²) in [6.07, 6.45) is 0. The van der Waals surface area contributed by atoms with Crippen LogP contribution >= 0.6 is 11.6 Å². The van der Waals surface area contributed by atoms with E-state index in [1.54, 1.807) is 0 Å². The van der Waals surface area contributed by atoms with E-state index < -0.39 is 0 Å². The number of nitrogens with two attached hydrogens (primary N) is 1. The molecule has 0 fully saturated rings. The average molecular weight is 249 g/mol. The van der Waals surface area contributed by atoms with Gasteiger partial charge in [0.05, 0.1) is 0 Å². The second-order valence-electron chi connectivity index (χ2n) is 3.76. The minimum absolute atomic E-state index is 0.254. The molecule has 2 aromatic rings. The number of nitrogen functional groups attached to an aromatic ring is 1. The first kappa shape index (κ1) is 11.7. The molecule has 0 atom stereocenters. The monoisotopic (exact) mass is 248 g/mol. The number of nitrogens with zero attached hydrogens (tertiary/aromatic N) is 2. The van der Waals surface area contributed by atoms with E-state index in [4.69, 9.17) is 17.3 Å². The van der Waals surface area contributed by atoms with E-state index in [-0.39, 0.29) is 5.28 Å². The maximum atomic E-state index is 5.77. The van der Waals surface area contributed by atoms with Gasteiger partial charge < -0.3 is 11.1 Å². The molecule has 1 heterocycles. The molecule has 0 spiro atoms. The zero-order valence-corrected chi connectivity index (χ0v) is 10.2. The SMILES string of the molecule is Cc1cc(NCc2ccc(N)cc2)nc(Cl)n1. The number of hydrogen-bond acceptors (Lipinski definition) is 4. The molecule has 1 aromatic carbocycles. The highest BCUT2D eigenvalue weighted by Crippen LogP contribution is 2.12. The van der Waals surface area contributed by atoms with E-state index in [2.05, 4.69) is 15.3 Å². The highest BCUT2D eigenvalue weighted by molar-refractivity contribution is 6.28. The number of hydrogen-bond donors (Lipinski definition) is 2. The molecule has 0 aliphatic rings. The summed E-state index contributed by atoms with van der Waals surface area (Å²) >= 11 is 5.77. The fourth-order valence-corrected chi connectivity index (χ4v) is 1.68. The largest absolute Gasteiger partial charge is 0.399 e. The van der Waals surface area contributed by atoms with Crippen molar-refractivity contribution < 1.29 is 0 Å². The second kappa shape index (κ2) is 5.01. The van der Waals surface area contributed by atoms with Gasteiger partial charge in [0.1, 0.15) is 5.82 Å². The van der Waals surface area contributed by atoms with E-state index in [0.29, 0.717) is 6.54 Å². The summed E-state index contributed by atoms with van der Waals surface area (Å²) in [6, 6.07) is 9.53. The molecule has 0 saturated heterocycles. The summed E-state index contributed by atoms with van der Waals surface area (Å²) in [4.78, 5) is 8.08. The Morgan fingerprint density at radius 3 is 2.59 bits per heavy atom. The van der Waals surface area contributed by atoms with Crippen molar-refractivity contribution in [1.82, 2.24) is 9.97 Å². The number of anilines is 2. The van der Waals surface area contributed by atoms with Crippen LogP contribution in [0.3, 0.4) is 0 Å². The van der Waals surface area contributed by atoms with Crippen LogP contribution in [0.1, 0.15) is 11.3 Å². The third kappa shape index (κ3) is 3.32. The number of aryl methyl sites for hydroxylation is 1. The van der Waals surface area contributed by atoms with Crippen LogP contribution in [-0.2, 0) is 6.54 Å². The van der Waals surface area contributed by atoms with Gasteiger partial charge in [-0.2, -0.15) is 0 Å². The number of aromatic nitrogens is 2. The third-order valence-corrected chi connectivity index (χ3v) is 2.45. The molecule has 1 aromatic heterocycles. The zero-order chi connectivity index (χ0) is 12.3. The molecule has 0 radical (unpaired) electrons. The number of benzene rings is 1. The van der Waals surface area contributed by atoms with Gasteiger partial charge >= 0.3 is 0 Å². The van der Waals surface area contributed by atoms with Crippen molar-refractivity contribution in [1.29, 1.82) is 0 Å². The van der Waals surface area contributed by atoms with Crippen LogP contribution in [0.15, 0.2) is 30.3 Å². The molecule has 0 amide bonds. The van der Waals surface area contributed by atoms with Gasteiger partial charge in [0, 0.05) is 24.0 Å². The van der Waals surface area contributed by atoms with Gasteiger partial charge in [0.25, 0.3) is 0 Å². The van der Waals surface area contributed by atoms with Gasteiger partial charge in [-0.3, -0.25) is 0 Å². The molecule has 17 heavy (non-hydrogen) atoms. The predicted molar refractivity (Wildman–Crippen MR) is 70.0 cm³/mol. The number of nitrogens with one attached hydrogen (secondary N) is 1. The fraction of sp³-hybridized carbons (Fsp3) is 0.167. The van der Waals surface area contributed by atoms with Gasteiger partial charge in [-0.15, -0.1) is 0 Å². The molecule has 4 nitrogen and oxygen atoms in total. The van der Waals surface area contributed by atoms with Crippen LogP contribution in [0.2, 0.25) is 5.28 Å². The topological polar surface area (TPSA) is 63.8 Å². The summed E-state index contributed by atoms with van der Waals surface area (Å²) in [5.41, 5.74) is 8.34. The van der Waals surface area contributed by atoms with Gasteiger partial charge in [-0.25, -0.2) is 9.97 Å². The summed E-state index contributed by atoms with van der Waals surface area (Å²) in [7, 11) is 0. The van der Waals surface area contributed by atoms with Crippen molar-refractivity contribution >= 4 is 23.1 Å². The molecule has 2 rings (SSSR count). The Kier molecular flexibility index (Phi) is 3.44.